The molecule has 0 fully saturated rings. The van der Waals surface area contributed by atoms with E-state index in [4.69, 9.17) is 4.74 Å². The monoisotopic (exact) mass is 304 g/mol. The van der Waals surface area contributed by atoms with Gasteiger partial charge in [0.05, 0.1) is 10.2 Å². The molecule has 3 heteroatoms. The molecular formula is C11H13IO2. The highest BCUT2D eigenvalue weighted by Crippen LogP contribution is 2.19. The number of carbonyl (C=O) groups is 1. The average Bonchev–Trinajstić information content (AvgIpc) is 2.15. The van der Waals surface area contributed by atoms with Gasteiger partial charge in [-0.2, -0.15) is 0 Å². The molecular weight excluding hydrogens is 291 g/mol. The van der Waals surface area contributed by atoms with Crippen LogP contribution < -0.4 is 4.74 Å². The first-order valence-electron chi connectivity index (χ1n) is 4.57. The van der Waals surface area contributed by atoms with Crippen LogP contribution in [-0.4, -0.2) is 12.4 Å². The highest BCUT2D eigenvalue weighted by Gasteiger charge is 1.99. The summed E-state index contributed by atoms with van der Waals surface area (Å²) in [6.07, 6.45) is 1.39. The molecule has 0 aliphatic carbocycles. The Labute approximate surface area is 97.8 Å². The number of hydrogen-bond acceptors (Lipinski definition) is 2. The Morgan fingerprint density at radius 1 is 1.43 bits per heavy atom. The molecule has 0 unspecified atom stereocenters. The third-order valence-electron chi connectivity index (χ3n) is 1.77. The molecule has 0 bridgehead atoms. The van der Waals surface area contributed by atoms with Crippen LogP contribution in [0.4, 0.5) is 0 Å². The van der Waals surface area contributed by atoms with Crippen molar-refractivity contribution in [1.82, 2.24) is 0 Å². The SMILES string of the molecule is CC(=O)CCCOc1ccccc1I. The van der Waals surface area contributed by atoms with Gasteiger partial charge in [0.1, 0.15) is 11.5 Å². The lowest BCUT2D eigenvalue weighted by molar-refractivity contribution is -0.117. The van der Waals surface area contributed by atoms with E-state index >= 15 is 0 Å². The van der Waals surface area contributed by atoms with E-state index in [0.717, 1.165) is 15.7 Å². The summed E-state index contributed by atoms with van der Waals surface area (Å²) >= 11 is 2.23. The van der Waals surface area contributed by atoms with Gasteiger partial charge in [-0.05, 0) is 48.1 Å². The summed E-state index contributed by atoms with van der Waals surface area (Å²) in [6, 6.07) is 7.86. The Kier molecular flexibility index (Phi) is 4.93. The third-order valence-corrected chi connectivity index (χ3v) is 2.66. The van der Waals surface area contributed by atoms with E-state index < -0.39 is 0 Å². The van der Waals surface area contributed by atoms with E-state index in [1.807, 2.05) is 24.3 Å². The van der Waals surface area contributed by atoms with Gasteiger partial charge in [-0.3, -0.25) is 0 Å². The van der Waals surface area contributed by atoms with Crippen molar-refractivity contribution in [3.63, 3.8) is 0 Å². The second-order valence-corrected chi connectivity index (χ2v) is 4.25. The second-order valence-electron chi connectivity index (χ2n) is 3.08. The third kappa shape index (κ3) is 4.09. The molecule has 0 heterocycles. The van der Waals surface area contributed by atoms with Crippen LogP contribution in [0.15, 0.2) is 24.3 Å². The number of hydrogen-bond donors (Lipinski definition) is 0. The highest BCUT2D eigenvalue weighted by molar-refractivity contribution is 14.1. The van der Waals surface area contributed by atoms with Crippen LogP contribution in [0.25, 0.3) is 0 Å². The van der Waals surface area contributed by atoms with Crippen molar-refractivity contribution in [3.05, 3.63) is 27.8 Å². The van der Waals surface area contributed by atoms with Gasteiger partial charge in [0, 0.05) is 6.42 Å². The number of Topliss-reactive ketones (excluding diaryl/α,β-unsaturated/α-hetero) is 1. The fraction of sp³-hybridized carbons (Fsp3) is 0.364. The quantitative estimate of drug-likeness (QED) is 0.617. The summed E-state index contributed by atoms with van der Waals surface area (Å²) in [4.78, 5) is 10.7. The lowest BCUT2D eigenvalue weighted by Gasteiger charge is -2.06. The molecule has 1 aromatic rings. The fourth-order valence-electron chi connectivity index (χ4n) is 1.07. The van der Waals surface area contributed by atoms with E-state index in [0.29, 0.717) is 13.0 Å². The molecule has 0 aliphatic rings. The highest BCUT2D eigenvalue weighted by atomic mass is 127. The van der Waals surface area contributed by atoms with Crippen LogP contribution in [-0.2, 0) is 4.79 Å². The van der Waals surface area contributed by atoms with E-state index in [1.165, 1.54) is 0 Å². The van der Waals surface area contributed by atoms with Crippen molar-refractivity contribution in [2.75, 3.05) is 6.61 Å². The van der Waals surface area contributed by atoms with Crippen LogP contribution in [0.2, 0.25) is 0 Å². The summed E-state index contributed by atoms with van der Waals surface area (Å²) in [5.41, 5.74) is 0. The molecule has 14 heavy (non-hydrogen) atoms. The normalized spacial score (nSPS) is 9.86. The summed E-state index contributed by atoms with van der Waals surface area (Å²) in [5.74, 6) is 1.12. The predicted octanol–water partition coefficient (Wildman–Crippen LogP) is 3.04. The Morgan fingerprint density at radius 2 is 2.14 bits per heavy atom. The molecule has 76 valence electrons. The molecule has 0 aromatic heterocycles. The maximum absolute atomic E-state index is 10.7. The zero-order valence-corrected chi connectivity index (χ0v) is 10.3. The van der Waals surface area contributed by atoms with Gasteiger partial charge in [0.15, 0.2) is 0 Å². The smallest absolute Gasteiger partial charge is 0.132 e. The van der Waals surface area contributed by atoms with Gasteiger partial charge in [-0.25, -0.2) is 0 Å². The zero-order valence-electron chi connectivity index (χ0n) is 8.13. The molecule has 0 atom stereocenters. The van der Waals surface area contributed by atoms with Gasteiger partial charge in [-0.15, -0.1) is 0 Å². The first-order valence-corrected chi connectivity index (χ1v) is 5.65. The molecule has 1 aromatic carbocycles. The molecule has 0 saturated carbocycles. The molecule has 1 rings (SSSR count). The maximum atomic E-state index is 10.7. The number of carbonyl (C=O) groups excluding carboxylic acids is 1. The molecule has 2 nitrogen and oxygen atoms in total. The lowest BCUT2D eigenvalue weighted by atomic mass is 10.2. The van der Waals surface area contributed by atoms with Crippen molar-refractivity contribution in [1.29, 1.82) is 0 Å². The van der Waals surface area contributed by atoms with Crippen molar-refractivity contribution in [2.24, 2.45) is 0 Å². The van der Waals surface area contributed by atoms with Gasteiger partial charge >= 0.3 is 0 Å². The van der Waals surface area contributed by atoms with Crippen LogP contribution in [0.5, 0.6) is 5.75 Å². The average molecular weight is 304 g/mol. The van der Waals surface area contributed by atoms with Gasteiger partial charge in [0.2, 0.25) is 0 Å². The van der Waals surface area contributed by atoms with Gasteiger partial charge < -0.3 is 9.53 Å². The predicted molar refractivity (Wildman–Crippen MR) is 64.6 cm³/mol. The van der Waals surface area contributed by atoms with Crippen molar-refractivity contribution >= 4 is 28.4 Å². The molecule has 0 amide bonds. The molecule has 0 aliphatic heterocycles. The second kappa shape index (κ2) is 6.01. The van der Waals surface area contributed by atoms with Crippen LogP contribution in [0.3, 0.4) is 0 Å². The number of rotatable bonds is 5. The van der Waals surface area contributed by atoms with E-state index in [-0.39, 0.29) is 5.78 Å². The van der Waals surface area contributed by atoms with Gasteiger partial charge in [0.25, 0.3) is 0 Å². The molecule has 0 radical (unpaired) electrons. The number of ketones is 1. The Bertz CT molecular complexity index is 310. The summed E-state index contributed by atoms with van der Waals surface area (Å²) in [5, 5.41) is 0. The van der Waals surface area contributed by atoms with Crippen molar-refractivity contribution < 1.29 is 9.53 Å². The van der Waals surface area contributed by atoms with Gasteiger partial charge in [-0.1, -0.05) is 12.1 Å². The minimum atomic E-state index is 0.219. The number of para-hydroxylation sites is 1. The molecule has 0 N–H and O–H groups in total. The maximum Gasteiger partial charge on any atom is 0.132 e. The largest absolute Gasteiger partial charge is 0.492 e. The first kappa shape index (κ1) is 11.5. The number of halogens is 1. The first-order chi connectivity index (χ1) is 6.70. The minimum absolute atomic E-state index is 0.219. The minimum Gasteiger partial charge on any atom is -0.492 e. The van der Waals surface area contributed by atoms with E-state index in [9.17, 15) is 4.79 Å². The molecule has 0 saturated heterocycles. The van der Waals surface area contributed by atoms with Crippen LogP contribution >= 0.6 is 22.6 Å². The van der Waals surface area contributed by atoms with Crippen molar-refractivity contribution in [3.8, 4) is 5.75 Å². The Balaban J connectivity index is 2.31. The summed E-state index contributed by atoms with van der Waals surface area (Å²) < 4.78 is 6.63. The van der Waals surface area contributed by atoms with Crippen LogP contribution in [0.1, 0.15) is 19.8 Å². The standard InChI is InChI=1S/C11H13IO2/c1-9(13)5-4-8-14-11-7-3-2-6-10(11)12/h2-3,6-7H,4-5,8H2,1H3. The van der Waals surface area contributed by atoms with E-state index in [2.05, 4.69) is 22.6 Å². The number of benzene rings is 1. The van der Waals surface area contributed by atoms with E-state index in [1.54, 1.807) is 6.92 Å². The summed E-state index contributed by atoms with van der Waals surface area (Å²) in [7, 11) is 0. The lowest BCUT2D eigenvalue weighted by Crippen LogP contribution is -2.01. The fourth-order valence-corrected chi connectivity index (χ4v) is 1.61. The summed E-state index contributed by atoms with van der Waals surface area (Å²) in [6.45, 7) is 2.21. The van der Waals surface area contributed by atoms with Crippen LogP contribution in [0, 0.1) is 3.57 Å². The number of ether oxygens (including phenoxy) is 1. The van der Waals surface area contributed by atoms with Crippen molar-refractivity contribution in [2.45, 2.75) is 19.8 Å². The zero-order chi connectivity index (χ0) is 10.4. The topological polar surface area (TPSA) is 26.3 Å². The Morgan fingerprint density at radius 3 is 2.79 bits per heavy atom. The molecule has 0 spiro atoms. The Hall–Kier alpha value is -0.580.